The number of benzene rings is 5. The molecule has 8 N–H and O–H groups in total. The van der Waals surface area contributed by atoms with Crippen molar-refractivity contribution in [2.45, 2.75) is 114 Å². The molecule has 394 valence electrons. The fourth-order valence-electron chi connectivity index (χ4n) is 10.1. The van der Waals surface area contributed by atoms with Crippen molar-refractivity contribution in [2.75, 3.05) is 27.4 Å². The van der Waals surface area contributed by atoms with Crippen molar-refractivity contribution in [1.82, 2.24) is 0 Å². The minimum absolute atomic E-state index is 0.00731. The quantitative estimate of drug-likeness (QED) is 0.0443. The number of carbonyl (C=O) groups is 2. The highest BCUT2D eigenvalue weighted by Crippen LogP contribution is 2.51. The number of phenolic OH excluding ortho intramolecular Hbond substituents is 2. The number of aromatic hydroxyl groups is 2. The number of methoxy groups -OCH3 is 2. The Labute approximate surface area is 428 Å². The van der Waals surface area contributed by atoms with Gasteiger partial charge in [-0.15, -0.1) is 0 Å². The third kappa shape index (κ3) is 10.9. The number of ether oxygens (including phenoxy) is 7. The van der Waals surface area contributed by atoms with Crippen LogP contribution in [0.1, 0.15) is 70.1 Å². The first-order valence-corrected chi connectivity index (χ1v) is 24.6. The first kappa shape index (κ1) is 54.1. The lowest BCUT2D eigenvalue weighted by atomic mass is 9.81. The Bertz CT molecular complexity index is 2850. The average Bonchev–Trinajstić information content (AvgIpc) is 3.40. The van der Waals surface area contributed by atoms with Gasteiger partial charge in [-0.2, -0.15) is 0 Å². The number of rotatable bonds is 18. The molecule has 8 rings (SSSR count). The molecule has 17 nitrogen and oxygen atoms in total. The summed E-state index contributed by atoms with van der Waals surface area (Å²) in [6, 6.07) is 23.3. The van der Waals surface area contributed by atoms with Crippen molar-refractivity contribution in [3.05, 3.63) is 148 Å². The molecule has 0 spiro atoms. The fraction of sp³-hybridized carbons (Fsp3) is 0.404. The van der Waals surface area contributed by atoms with Crippen LogP contribution in [0, 0.1) is 5.92 Å². The summed E-state index contributed by atoms with van der Waals surface area (Å²) >= 11 is 0. The molecular formula is C57H64O17. The van der Waals surface area contributed by atoms with E-state index in [4.69, 9.17) is 33.2 Å². The molecule has 5 aromatic rings. The predicted octanol–water partition coefficient (Wildman–Crippen LogP) is 4.53. The number of aliphatic hydroxyl groups is 6. The van der Waals surface area contributed by atoms with Crippen LogP contribution in [0.3, 0.4) is 0 Å². The zero-order valence-corrected chi connectivity index (χ0v) is 41.7. The molecule has 3 aliphatic heterocycles. The smallest absolute Gasteiger partial charge is 0.229 e. The summed E-state index contributed by atoms with van der Waals surface area (Å²) in [5.41, 5.74) is 3.80. The van der Waals surface area contributed by atoms with Gasteiger partial charge in [0.05, 0.1) is 24.5 Å². The lowest BCUT2D eigenvalue weighted by Gasteiger charge is -2.41. The molecule has 3 aliphatic rings. The number of aliphatic hydroxyl groups excluding tert-OH is 6. The SMILES string of the molecule is C/C=C/C=C/C(=O)Cc1cc(Cc2ccccc2)c(O[C@@H]2O[C@H](CO)[C@@H](OC)[C@H](O)[C@H]2O)c(Cc2ccccc2)c1Cc1c2c(c(O)c3c(O)cc(O[C@@H]4O[C@H](CO)[C@@H](OC)[C@H](O)[C@H]4O)cc13)C(=O)[C@@H](C)[C@H](C)O2. The number of fused-ring (bicyclic) bond motifs is 2. The lowest BCUT2D eigenvalue weighted by molar-refractivity contribution is -0.282. The van der Waals surface area contributed by atoms with Crippen molar-refractivity contribution in [2.24, 2.45) is 5.92 Å². The molecule has 17 heteroatoms. The minimum Gasteiger partial charge on any atom is -0.507 e. The summed E-state index contributed by atoms with van der Waals surface area (Å²) in [5, 5.41) is 89.7. The number of hydrogen-bond acceptors (Lipinski definition) is 17. The van der Waals surface area contributed by atoms with E-state index in [1.807, 2.05) is 73.7 Å². The highest BCUT2D eigenvalue weighted by molar-refractivity contribution is 6.12. The number of carbonyl (C=O) groups excluding carboxylic acids is 2. The van der Waals surface area contributed by atoms with Crippen LogP contribution in [0.5, 0.6) is 28.7 Å². The molecule has 0 amide bonds. The summed E-state index contributed by atoms with van der Waals surface area (Å²) in [4.78, 5) is 28.6. The Morgan fingerprint density at radius 1 is 0.689 bits per heavy atom. The van der Waals surface area contributed by atoms with E-state index >= 15 is 0 Å². The number of allylic oxidation sites excluding steroid dienone is 4. The van der Waals surface area contributed by atoms with E-state index in [1.165, 1.54) is 26.4 Å². The van der Waals surface area contributed by atoms with Crippen molar-refractivity contribution in [3.8, 4) is 28.7 Å². The van der Waals surface area contributed by atoms with Gasteiger partial charge in [0, 0.05) is 62.5 Å². The van der Waals surface area contributed by atoms with Gasteiger partial charge >= 0.3 is 0 Å². The van der Waals surface area contributed by atoms with Crippen LogP contribution in [0.15, 0.2) is 103 Å². The van der Waals surface area contributed by atoms with Crippen LogP contribution in [0.25, 0.3) is 10.8 Å². The van der Waals surface area contributed by atoms with Crippen LogP contribution in [-0.2, 0) is 49.4 Å². The van der Waals surface area contributed by atoms with E-state index in [2.05, 4.69) is 0 Å². The van der Waals surface area contributed by atoms with Crippen LogP contribution in [-0.4, -0.2) is 147 Å². The first-order valence-electron chi connectivity index (χ1n) is 24.6. The molecule has 2 fully saturated rings. The number of ketones is 2. The first-order chi connectivity index (χ1) is 35.6. The van der Waals surface area contributed by atoms with E-state index in [9.17, 15) is 50.4 Å². The molecular weight excluding hydrogens is 957 g/mol. The highest BCUT2D eigenvalue weighted by atomic mass is 16.7. The summed E-state index contributed by atoms with van der Waals surface area (Å²) < 4.78 is 42.4. The molecule has 0 aliphatic carbocycles. The summed E-state index contributed by atoms with van der Waals surface area (Å²) in [5.74, 6) is -2.47. The second kappa shape index (κ2) is 23.5. The van der Waals surface area contributed by atoms with E-state index < -0.39 is 104 Å². The summed E-state index contributed by atoms with van der Waals surface area (Å²) in [6.45, 7) is 4.02. The zero-order chi connectivity index (χ0) is 53.0. The molecule has 5 aromatic carbocycles. The Morgan fingerprint density at radius 2 is 1.27 bits per heavy atom. The maximum atomic E-state index is 14.4. The third-order valence-corrected chi connectivity index (χ3v) is 14.2. The molecule has 0 unspecified atom stereocenters. The molecule has 2 saturated heterocycles. The van der Waals surface area contributed by atoms with E-state index in [0.717, 1.165) is 17.2 Å². The van der Waals surface area contributed by atoms with E-state index in [-0.39, 0.29) is 70.6 Å². The normalized spacial score (nSPS) is 27.1. The number of hydrogen-bond donors (Lipinski definition) is 8. The second-order valence-electron chi connectivity index (χ2n) is 18.9. The van der Waals surface area contributed by atoms with Gasteiger partial charge < -0.3 is 74.0 Å². The van der Waals surface area contributed by atoms with Crippen molar-refractivity contribution < 1.29 is 83.6 Å². The van der Waals surface area contributed by atoms with Crippen LogP contribution < -0.4 is 14.2 Å². The highest BCUT2D eigenvalue weighted by Gasteiger charge is 2.48. The van der Waals surface area contributed by atoms with Gasteiger partial charge in [-0.05, 0) is 53.8 Å². The zero-order valence-electron chi connectivity index (χ0n) is 41.7. The molecule has 0 saturated carbocycles. The Morgan fingerprint density at radius 3 is 1.84 bits per heavy atom. The number of Topliss-reactive ketones (excluding diaryl/α,β-unsaturated/α-hetero) is 1. The van der Waals surface area contributed by atoms with Crippen molar-refractivity contribution in [3.63, 3.8) is 0 Å². The Hall–Kier alpha value is -6.22. The largest absolute Gasteiger partial charge is 0.507 e. The summed E-state index contributed by atoms with van der Waals surface area (Å²) in [7, 11) is 2.61. The number of phenols is 2. The van der Waals surface area contributed by atoms with Crippen molar-refractivity contribution in [1.29, 1.82) is 0 Å². The van der Waals surface area contributed by atoms with Gasteiger partial charge in [0.1, 0.15) is 89.2 Å². The second-order valence-corrected chi connectivity index (χ2v) is 18.9. The molecule has 3 heterocycles. The molecule has 74 heavy (non-hydrogen) atoms. The average molecular weight is 1020 g/mol. The minimum atomic E-state index is -1.70. The maximum absolute atomic E-state index is 14.4. The van der Waals surface area contributed by atoms with Crippen molar-refractivity contribution >= 4 is 22.3 Å². The van der Waals surface area contributed by atoms with Crippen LogP contribution in [0.2, 0.25) is 0 Å². The van der Waals surface area contributed by atoms with Gasteiger partial charge in [0.25, 0.3) is 0 Å². The summed E-state index contributed by atoms with van der Waals surface area (Å²) in [6.07, 6.45) is -8.17. The Kier molecular flexibility index (Phi) is 17.2. The third-order valence-electron chi connectivity index (χ3n) is 14.2. The Balaban J connectivity index is 1.42. The van der Waals surface area contributed by atoms with E-state index in [0.29, 0.717) is 22.3 Å². The van der Waals surface area contributed by atoms with Gasteiger partial charge in [-0.25, -0.2) is 0 Å². The molecule has 0 aromatic heterocycles. The maximum Gasteiger partial charge on any atom is 0.229 e. The topological polar surface area (TPSA) is 261 Å². The van der Waals surface area contributed by atoms with Gasteiger partial charge in [0.15, 0.2) is 11.6 Å². The molecule has 0 bridgehead atoms. The van der Waals surface area contributed by atoms with Crippen LogP contribution >= 0.6 is 0 Å². The molecule has 12 atom stereocenters. The predicted molar refractivity (Wildman–Crippen MR) is 270 cm³/mol. The van der Waals surface area contributed by atoms with Gasteiger partial charge in [0.2, 0.25) is 12.6 Å². The van der Waals surface area contributed by atoms with E-state index in [1.54, 1.807) is 32.1 Å². The van der Waals surface area contributed by atoms with Crippen LogP contribution in [0.4, 0.5) is 0 Å². The lowest BCUT2D eigenvalue weighted by Crippen LogP contribution is -2.60. The fourth-order valence-corrected chi connectivity index (χ4v) is 10.1. The standard InChI is InChI=1S/C57H64O17/c1-6-7-10-19-35(60)23-33-22-34(20-31-15-11-8-12-16-31)52(74-57-51(67)49(65)55(69-5)43(28-59)73-57)39(21-32-17-13-9-14-18-32)37(33)26-40-38-24-36(71-56-50(66)48(64)54(68-4)42(27-58)72-56)25-41(61)44(38)47(63)45-46(62)29(2)30(3)70-53(40)45/h6-19,22,24-25,29-30,42-43,48-51,54-59,61,63-67H,20-21,23,26-28H2,1-5H3/b7-6+,19-10+/t29-,30-,42+,43+,48+,49+,50+,51+,54+,55+,56+,57-/m0/s1. The molecule has 0 radical (unpaired) electrons. The monoisotopic (exact) mass is 1020 g/mol. The van der Waals surface area contributed by atoms with Gasteiger partial charge in [-0.1, -0.05) is 91.9 Å². The van der Waals surface area contributed by atoms with Gasteiger partial charge in [-0.3, -0.25) is 9.59 Å².